The zero-order valence-electron chi connectivity index (χ0n) is 21.8. The van der Waals surface area contributed by atoms with E-state index in [1.54, 1.807) is 21.3 Å². The van der Waals surface area contributed by atoms with E-state index in [2.05, 4.69) is 32.9 Å². The molecule has 1 atom stereocenters. The Hall–Kier alpha value is -0.203. The molecule has 0 aliphatic heterocycles. The Kier molecular flexibility index (Phi) is 19.2. The Bertz CT molecular complexity index is 411. The summed E-state index contributed by atoms with van der Waals surface area (Å²) in [6.45, 7) is 6.57. The minimum atomic E-state index is -2.45. The van der Waals surface area contributed by atoms with Crippen molar-refractivity contribution in [2.24, 2.45) is 11.7 Å². The highest BCUT2D eigenvalue weighted by molar-refractivity contribution is 6.60. The molecule has 0 heterocycles. The highest BCUT2D eigenvalue weighted by Gasteiger charge is 2.37. The van der Waals surface area contributed by atoms with Crippen molar-refractivity contribution in [3.8, 4) is 0 Å². The third kappa shape index (κ3) is 18.0. The molecule has 0 spiro atoms. The van der Waals surface area contributed by atoms with Gasteiger partial charge in [0.05, 0.1) is 0 Å². The molecule has 186 valence electrons. The lowest BCUT2D eigenvalue weighted by Gasteiger charge is -2.28. The fourth-order valence-electron chi connectivity index (χ4n) is 4.41. The van der Waals surface area contributed by atoms with Crippen LogP contribution in [0.15, 0.2) is 12.2 Å². The van der Waals surface area contributed by atoms with Crippen molar-refractivity contribution < 1.29 is 13.3 Å². The molecule has 1 unspecified atom stereocenters. The van der Waals surface area contributed by atoms with Gasteiger partial charge in [-0.05, 0) is 58.3 Å². The van der Waals surface area contributed by atoms with Crippen LogP contribution < -0.4 is 5.73 Å². The lowest BCUT2D eigenvalue weighted by molar-refractivity contribution is 0.122. The molecule has 0 aliphatic carbocycles. The van der Waals surface area contributed by atoms with E-state index >= 15 is 0 Å². The zero-order chi connectivity index (χ0) is 23.4. The van der Waals surface area contributed by atoms with Gasteiger partial charge in [0.2, 0.25) is 0 Å². The van der Waals surface area contributed by atoms with Crippen molar-refractivity contribution in [1.82, 2.24) is 0 Å². The van der Waals surface area contributed by atoms with Gasteiger partial charge >= 0.3 is 8.80 Å². The number of hydrogen-bond acceptors (Lipinski definition) is 4. The van der Waals surface area contributed by atoms with E-state index in [-0.39, 0.29) is 5.54 Å². The quantitative estimate of drug-likeness (QED) is 0.103. The van der Waals surface area contributed by atoms with Gasteiger partial charge in [0.1, 0.15) is 0 Å². The van der Waals surface area contributed by atoms with Gasteiger partial charge in [-0.1, -0.05) is 76.9 Å². The molecule has 0 fully saturated rings. The van der Waals surface area contributed by atoms with Crippen LogP contribution in [0.25, 0.3) is 0 Å². The summed E-state index contributed by atoms with van der Waals surface area (Å²) in [5.41, 5.74) is 6.23. The third-order valence-corrected chi connectivity index (χ3v) is 9.05. The normalized spacial score (nSPS) is 13.9. The molecule has 0 aromatic heterocycles. The fourth-order valence-corrected chi connectivity index (χ4v) is 6.16. The summed E-state index contributed by atoms with van der Waals surface area (Å²) in [5, 5.41) is 0. The molecule has 31 heavy (non-hydrogen) atoms. The van der Waals surface area contributed by atoms with E-state index < -0.39 is 8.80 Å². The molecule has 4 nitrogen and oxygen atoms in total. The Morgan fingerprint density at radius 3 is 1.74 bits per heavy atom. The molecule has 2 N–H and O–H groups in total. The Morgan fingerprint density at radius 1 is 0.742 bits per heavy atom. The topological polar surface area (TPSA) is 53.7 Å². The van der Waals surface area contributed by atoms with Crippen molar-refractivity contribution in [3.05, 3.63) is 12.2 Å². The second-order valence-corrected chi connectivity index (χ2v) is 13.0. The Labute approximate surface area is 196 Å². The standard InChI is InChI=1S/C26H55NO3Si/c1-7-8-9-10-11-12-13-14-15-16-17-18-19-21-25(24-26(2,3)27)22-20-23-31(28-4,29-5)30-6/h14-15,25H,7-13,16-24,27H2,1-6H3. The average molecular weight is 458 g/mol. The van der Waals surface area contributed by atoms with Crippen LogP contribution in [0.1, 0.15) is 117 Å². The maximum absolute atomic E-state index is 6.34. The van der Waals surface area contributed by atoms with Crippen LogP contribution in [0, 0.1) is 5.92 Å². The number of hydrogen-bond donors (Lipinski definition) is 1. The molecule has 0 bridgehead atoms. The zero-order valence-corrected chi connectivity index (χ0v) is 22.8. The Morgan fingerprint density at radius 2 is 1.23 bits per heavy atom. The summed E-state index contributed by atoms with van der Waals surface area (Å²) in [5.74, 6) is 0.667. The summed E-state index contributed by atoms with van der Waals surface area (Å²) < 4.78 is 16.7. The maximum Gasteiger partial charge on any atom is 0.500 e. The smallest absolute Gasteiger partial charge is 0.377 e. The molecular weight excluding hydrogens is 402 g/mol. The van der Waals surface area contributed by atoms with Crippen LogP contribution in [-0.4, -0.2) is 35.7 Å². The molecule has 0 aromatic rings. The van der Waals surface area contributed by atoms with Crippen molar-refractivity contribution in [2.45, 2.75) is 129 Å². The lowest BCUT2D eigenvalue weighted by Crippen LogP contribution is -2.42. The van der Waals surface area contributed by atoms with Crippen molar-refractivity contribution >= 4 is 8.80 Å². The van der Waals surface area contributed by atoms with Gasteiger partial charge in [0, 0.05) is 32.9 Å². The first-order valence-corrected chi connectivity index (χ1v) is 14.8. The van der Waals surface area contributed by atoms with Gasteiger partial charge in [-0.3, -0.25) is 0 Å². The van der Waals surface area contributed by atoms with E-state index in [9.17, 15) is 0 Å². The monoisotopic (exact) mass is 457 g/mol. The fraction of sp³-hybridized carbons (Fsp3) is 0.923. The number of nitrogens with two attached hydrogens (primary N) is 1. The molecule has 5 heteroatoms. The highest BCUT2D eigenvalue weighted by atomic mass is 28.4. The van der Waals surface area contributed by atoms with Crippen LogP contribution in [-0.2, 0) is 13.3 Å². The first-order valence-electron chi connectivity index (χ1n) is 12.9. The predicted octanol–water partition coefficient (Wildman–Crippen LogP) is 7.65. The van der Waals surface area contributed by atoms with Gasteiger partial charge < -0.3 is 19.0 Å². The van der Waals surface area contributed by atoms with Crippen LogP contribution >= 0.6 is 0 Å². The van der Waals surface area contributed by atoms with E-state index in [0.717, 1.165) is 18.9 Å². The average Bonchev–Trinajstić information content (AvgIpc) is 2.73. The largest absolute Gasteiger partial charge is 0.500 e. The summed E-state index contributed by atoms with van der Waals surface area (Å²) in [7, 11) is 2.64. The van der Waals surface area contributed by atoms with Crippen LogP contribution in [0.4, 0.5) is 0 Å². The van der Waals surface area contributed by atoms with Crippen LogP contribution in [0.3, 0.4) is 0 Å². The molecule has 0 saturated heterocycles. The van der Waals surface area contributed by atoms with Crippen molar-refractivity contribution in [1.29, 1.82) is 0 Å². The van der Waals surface area contributed by atoms with Gasteiger partial charge in [-0.25, -0.2) is 0 Å². The SMILES string of the molecule is CCCCCCCCC=CCCCCCC(CCC[Si](OC)(OC)OC)CC(C)(C)N. The summed E-state index contributed by atoms with van der Waals surface area (Å²) in [4.78, 5) is 0. The molecule has 0 aromatic carbocycles. The second kappa shape index (κ2) is 19.3. The number of unbranched alkanes of at least 4 members (excludes halogenated alkanes) is 9. The van der Waals surface area contributed by atoms with E-state index in [1.807, 2.05) is 0 Å². The molecule has 0 rings (SSSR count). The molecular formula is C26H55NO3Si. The third-order valence-electron chi connectivity index (χ3n) is 6.22. The molecule has 0 aliphatic rings. The Balaban J connectivity index is 4.02. The number of allylic oxidation sites excluding steroid dienone is 2. The minimum absolute atomic E-state index is 0.109. The summed E-state index contributed by atoms with van der Waals surface area (Å²) >= 11 is 0. The minimum Gasteiger partial charge on any atom is -0.377 e. The van der Waals surface area contributed by atoms with Gasteiger partial charge in [-0.15, -0.1) is 0 Å². The van der Waals surface area contributed by atoms with E-state index in [0.29, 0.717) is 5.92 Å². The van der Waals surface area contributed by atoms with Gasteiger partial charge in [0.25, 0.3) is 0 Å². The molecule has 0 saturated carbocycles. The van der Waals surface area contributed by atoms with Crippen molar-refractivity contribution in [2.75, 3.05) is 21.3 Å². The first kappa shape index (κ1) is 30.8. The van der Waals surface area contributed by atoms with Gasteiger partial charge in [0.15, 0.2) is 0 Å². The van der Waals surface area contributed by atoms with Crippen LogP contribution in [0.2, 0.25) is 6.04 Å². The highest BCUT2D eigenvalue weighted by Crippen LogP contribution is 2.27. The van der Waals surface area contributed by atoms with E-state index in [1.165, 1.54) is 83.5 Å². The maximum atomic E-state index is 6.34. The molecule has 0 amide bonds. The van der Waals surface area contributed by atoms with Gasteiger partial charge in [-0.2, -0.15) is 0 Å². The summed E-state index contributed by atoms with van der Waals surface area (Å²) in [6, 6.07) is 0.876. The number of rotatable bonds is 22. The second-order valence-electron chi connectivity index (χ2n) is 9.91. The van der Waals surface area contributed by atoms with Crippen LogP contribution in [0.5, 0.6) is 0 Å². The summed E-state index contributed by atoms with van der Waals surface area (Å²) in [6.07, 6.45) is 24.1. The predicted molar refractivity (Wildman–Crippen MR) is 137 cm³/mol. The van der Waals surface area contributed by atoms with Crippen molar-refractivity contribution in [3.63, 3.8) is 0 Å². The lowest BCUT2D eigenvalue weighted by atomic mass is 9.85. The first-order chi connectivity index (χ1) is 14.8. The van der Waals surface area contributed by atoms with E-state index in [4.69, 9.17) is 19.0 Å². The molecule has 0 radical (unpaired) electrons.